The summed E-state index contributed by atoms with van der Waals surface area (Å²) in [4.78, 5) is 6.81. The molecule has 29 heavy (non-hydrogen) atoms. The van der Waals surface area contributed by atoms with Crippen molar-refractivity contribution in [2.24, 2.45) is 4.99 Å². The Kier molecular flexibility index (Phi) is 5.29. The van der Waals surface area contributed by atoms with Crippen LogP contribution < -0.4 is 10.1 Å². The molecule has 4 nitrogen and oxygen atoms in total. The van der Waals surface area contributed by atoms with Crippen LogP contribution in [0.15, 0.2) is 58.0 Å². The minimum absolute atomic E-state index is 0.272. The van der Waals surface area contributed by atoms with Crippen molar-refractivity contribution in [2.45, 2.75) is 24.7 Å². The van der Waals surface area contributed by atoms with Gasteiger partial charge in [-0.1, -0.05) is 40.2 Å². The normalized spacial score (nSPS) is 21.9. The molecule has 0 spiro atoms. The fourth-order valence-corrected chi connectivity index (χ4v) is 4.49. The molecule has 1 atom stereocenters. The van der Waals surface area contributed by atoms with Gasteiger partial charge in [-0.2, -0.15) is 0 Å². The van der Waals surface area contributed by atoms with Crippen molar-refractivity contribution in [3.63, 3.8) is 0 Å². The van der Waals surface area contributed by atoms with Gasteiger partial charge >= 0.3 is 6.36 Å². The molecular formula is C20H17BrF3N3OS. The van der Waals surface area contributed by atoms with Crippen LogP contribution in [-0.4, -0.2) is 35.3 Å². The van der Waals surface area contributed by atoms with Crippen molar-refractivity contribution in [3.05, 3.63) is 64.1 Å². The first kappa shape index (κ1) is 20.2. The van der Waals surface area contributed by atoms with E-state index in [4.69, 9.17) is 17.2 Å². The monoisotopic (exact) mass is 483 g/mol. The molecule has 4 rings (SSSR count). The van der Waals surface area contributed by atoms with Crippen molar-refractivity contribution < 1.29 is 17.9 Å². The van der Waals surface area contributed by atoms with E-state index in [9.17, 15) is 13.2 Å². The van der Waals surface area contributed by atoms with E-state index in [1.54, 1.807) is 12.1 Å². The van der Waals surface area contributed by atoms with Gasteiger partial charge in [0, 0.05) is 17.6 Å². The number of rotatable bonds is 3. The second kappa shape index (κ2) is 7.60. The summed E-state index contributed by atoms with van der Waals surface area (Å²) in [6.45, 7) is 1.41. The zero-order valence-electron chi connectivity index (χ0n) is 15.2. The molecule has 0 amide bonds. The molecule has 1 fully saturated rings. The van der Waals surface area contributed by atoms with Crippen LogP contribution in [0.25, 0.3) is 0 Å². The highest BCUT2D eigenvalue weighted by Gasteiger charge is 2.50. The lowest BCUT2D eigenvalue weighted by Gasteiger charge is -2.31. The molecule has 2 aromatic carbocycles. The number of amidine groups is 1. The number of hydrogen-bond donors (Lipinski definition) is 1. The van der Waals surface area contributed by atoms with Crippen molar-refractivity contribution in [3.8, 4) is 5.75 Å². The highest BCUT2D eigenvalue weighted by molar-refractivity contribution is 9.10. The second-order valence-electron chi connectivity index (χ2n) is 6.83. The van der Waals surface area contributed by atoms with Crippen molar-refractivity contribution in [2.75, 3.05) is 13.1 Å². The number of thiocarbonyl (C=S) groups is 1. The minimum Gasteiger partial charge on any atom is -0.406 e. The number of aliphatic imine (C=N–C) groups is 1. The molecular weight excluding hydrogens is 467 g/mol. The van der Waals surface area contributed by atoms with E-state index >= 15 is 0 Å². The minimum atomic E-state index is -4.74. The third-order valence-corrected chi connectivity index (χ3v) is 5.78. The fraction of sp³-hybridized carbons (Fsp3) is 0.300. The topological polar surface area (TPSA) is 36.9 Å². The van der Waals surface area contributed by atoms with E-state index in [1.165, 1.54) is 12.1 Å². The molecule has 0 bridgehead atoms. The first-order valence-corrected chi connectivity index (χ1v) is 10.3. The quantitative estimate of drug-likeness (QED) is 0.625. The van der Waals surface area contributed by atoms with Gasteiger partial charge < -0.3 is 15.0 Å². The van der Waals surface area contributed by atoms with Crippen LogP contribution in [0.2, 0.25) is 0 Å². The van der Waals surface area contributed by atoms with Crippen molar-refractivity contribution >= 4 is 39.1 Å². The van der Waals surface area contributed by atoms with Crippen LogP contribution in [0.5, 0.6) is 5.75 Å². The number of nitrogens with one attached hydrogen (secondary N) is 1. The lowest BCUT2D eigenvalue weighted by atomic mass is 9.82. The number of fused-ring (bicyclic) bond motifs is 1. The maximum absolute atomic E-state index is 12.6. The Bertz CT molecular complexity index is 964. The summed E-state index contributed by atoms with van der Waals surface area (Å²) in [6, 6.07) is 13.6. The summed E-state index contributed by atoms with van der Waals surface area (Å²) in [6.07, 6.45) is -2.82. The number of alkyl halides is 3. The molecule has 0 saturated carbocycles. The predicted octanol–water partition coefficient (Wildman–Crippen LogP) is 4.97. The Morgan fingerprint density at radius 1 is 1.10 bits per heavy atom. The molecule has 0 radical (unpaired) electrons. The SMILES string of the molecule is FC(F)(F)Oc1ccc(C2(c3cccc(Br)c3)NC(=S)N3CCCCN=C32)cc1. The zero-order chi connectivity index (χ0) is 20.6. The van der Waals surface area contributed by atoms with Crippen LogP contribution in [0.4, 0.5) is 13.2 Å². The number of benzene rings is 2. The number of ether oxygens (including phenoxy) is 1. The first-order valence-electron chi connectivity index (χ1n) is 9.06. The van der Waals surface area contributed by atoms with Gasteiger partial charge in [0.15, 0.2) is 5.11 Å². The van der Waals surface area contributed by atoms with Crippen LogP contribution in [0.3, 0.4) is 0 Å². The van der Waals surface area contributed by atoms with E-state index in [-0.39, 0.29) is 5.75 Å². The van der Waals surface area contributed by atoms with Crippen LogP contribution in [-0.2, 0) is 5.54 Å². The summed E-state index contributed by atoms with van der Waals surface area (Å²) in [7, 11) is 0. The van der Waals surface area contributed by atoms with Gasteiger partial charge in [0.1, 0.15) is 17.1 Å². The Morgan fingerprint density at radius 2 is 1.86 bits per heavy atom. The molecule has 9 heteroatoms. The number of hydrogen-bond acceptors (Lipinski definition) is 3. The van der Waals surface area contributed by atoms with Crippen molar-refractivity contribution in [1.29, 1.82) is 0 Å². The Hall–Kier alpha value is -2.13. The molecule has 152 valence electrons. The average molecular weight is 484 g/mol. The van der Waals surface area contributed by atoms with E-state index < -0.39 is 11.9 Å². The molecule has 2 aliphatic rings. The number of halogens is 4. The Balaban J connectivity index is 1.86. The summed E-state index contributed by atoms with van der Waals surface area (Å²) >= 11 is 9.12. The van der Waals surface area contributed by atoms with Crippen LogP contribution in [0.1, 0.15) is 24.0 Å². The predicted molar refractivity (Wildman–Crippen MR) is 112 cm³/mol. The maximum Gasteiger partial charge on any atom is 0.573 e. The van der Waals surface area contributed by atoms with Gasteiger partial charge in [-0.15, -0.1) is 13.2 Å². The lowest BCUT2D eigenvalue weighted by Crippen LogP contribution is -2.45. The van der Waals surface area contributed by atoms with E-state index in [1.807, 2.05) is 29.2 Å². The van der Waals surface area contributed by atoms with E-state index in [0.717, 1.165) is 40.8 Å². The summed E-state index contributed by atoms with van der Waals surface area (Å²) in [5, 5.41) is 3.96. The molecule has 2 aliphatic heterocycles. The van der Waals surface area contributed by atoms with Gasteiger partial charge in [0.05, 0.1) is 0 Å². The smallest absolute Gasteiger partial charge is 0.406 e. The molecule has 0 aromatic heterocycles. The molecule has 1 unspecified atom stereocenters. The zero-order valence-corrected chi connectivity index (χ0v) is 17.6. The van der Waals surface area contributed by atoms with Gasteiger partial charge in [-0.3, -0.25) is 4.99 Å². The molecule has 1 saturated heterocycles. The summed E-state index contributed by atoms with van der Waals surface area (Å²) in [5.41, 5.74) is 0.736. The highest BCUT2D eigenvalue weighted by atomic mass is 79.9. The fourth-order valence-electron chi connectivity index (χ4n) is 3.76. The Labute approximate surface area is 179 Å². The average Bonchev–Trinajstić information content (AvgIpc) is 2.82. The third-order valence-electron chi connectivity index (χ3n) is 4.96. The van der Waals surface area contributed by atoms with Gasteiger partial charge in [0.2, 0.25) is 0 Å². The van der Waals surface area contributed by atoms with Crippen LogP contribution in [0, 0.1) is 0 Å². The third kappa shape index (κ3) is 3.85. The number of nitrogens with zero attached hydrogens (tertiary/aromatic N) is 2. The molecule has 1 N–H and O–H groups in total. The standard InChI is InChI=1S/C20H17BrF3N3OS/c21-15-5-3-4-14(12-15)19(13-6-8-16(9-7-13)28-20(22,23)24)17-25-10-1-2-11-27(17)18(29)26-19/h3-9,12H,1-2,10-11H2,(H,26,29). The molecule has 2 heterocycles. The van der Waals surface area contributed by atoms with E-state index in [0.29, 0.717) is 11.7 Å². The summed E-state index contributed by atoms with van der Waals surface area (Å²) in [5.74, 6) is 0.494. The summed E-state index contributed by atoms with van der Waals surface area (Å²) < 4.78 is 42.6. The largest absolute Gasteiger partial charge is 0.573 e. The first-order chi connectivity index (χ1) is 13.8. The lowest BCUT2D eigenvalue weighted by molar-refractivity contribution is -0.274. The van der Waals surface area contributed by atoms with Crippen LogP contribution >= 0.6 is 28.1 Å². The second-order valence-corrected chi connectivity index (χ2v) is 8.13. The molecule has 2 aromatic rings. The molecule has 0 aliphatic carbocycles. The van der Waals surface area contributed by atoms with Gasteiger partial charge in [-0.25, -0.2) is 0 Å². The van der Waals surface area contributed by atoms with Gasteiger partial charge in [-0.05, 0) is 60.5 Å². The Morgan fingerprint density at radius 3 is 2.55 bits per heavy atom. The van der Waals surface area contributed by atoms with E-state index in [2.05, 4.69) is 26.0 Å². The highest BCUT2D eigenvalue weighted by Crippen LogP contribution is 2.39. The van der Waals surface area contributed by atoms with Crippen molar-refractivity contribution in [1.82, 2.24) is 10.2 Å². The van der Waals surface area contributed by atoms with Gasteiger partial charge in [0.25, 0.3) is 0 Å². The maximum atomic E-state index is 12.6.